The van der Waals surface area contributed by atoms with Crippen LogP contribution in [0.15, 0.2) is 48.5 Å². The molecule has 1 unspecified atom stereocenters. The van der Waals surface area contributed by atoms with Gasteiger partial charge < -0.3 is 5.32 Å². The average Bonchev–Trinajstić information content (AvgIpc) is 2.45. The van der Waals surface area contributed by atoms with Crippen LogP contribution in [0.5, 0.6) is 0 Å². The Morgan fingerprint density at radius 3 is 2.55 bits per heavy atom. The van der Waals surface area contributed by atoms with Crippen LogP contribution < -0.4 is 5.32 Å². The molecule has 0 aromatic heterocycles. The number of nitrogens with one attached hydrogen (secondary N) is 1. The number of amides is 1. The molecule has 0 fully saturated rings. The summed E-state index contributed by atoms with van der Waals surface area (Å²) in [4.78, 5) is 12.0. The van der Waals surface area contributed by atoms with Crippen LogP contribution in [-0.2, 0) is 0 Å². The summed E-state index contributed by atoms with van der Waals surface area (Å²) in [6.45, 7) is 1.92. The monoisotopic (exact) mass is 268 g/mol. The van der Waals surface area contributed by atoms with E-state index in [2.05, 4.69) is 11.4 Å². The zero-order chi connectivity index (χ0) is 14.5. The van der Waals surface area contributed by atoms with Gasteiger partial charge in [-0.25, -0.2) is 4.39 Å². The van der Waals surface area contributed by atoms with E-state index in [0.717, 1.165) is 11.1 Å². The molecule has 0 spiro atoms. The Bertz CT molecular complexity index is 659. The maximum atomic E-state index is 12.8. The molecule has 0 saturated heterocycles. The Morgan fingerprint density at radius 2 is 1.95 bits per heavy atom. The second kappa shape index (κ2) is 5.98. The van der Waals surface area contributed by atoms with Gasteiger partial charge in [-0.15, -0.1) is 0 Å². The van der Waals surface area contributed by atoms with Gasteiger partial charge in [0.2, 0.25) is 0 Å². The predicted octanol–water partition coefficient (Wildman–Crippen LogP) is 3.13. The number of aryl methyl sites for hydroxylation is 1. The molecule has 2 rings (SSSR count). The van der Waals surface area contributed by atoms with Crippen LogP contribution in [0.1, 0.15) is 27.5 Å². The van der Waals surface area contributed by atoms with Crippen LogP contribution in [0.3, 0.4) is 0 Å². The minimum atomic E-state index is -0.729. The van der Waals surface area contributed by atoms with Gasteiger partial charge >= 0.3 is 0 Å². The van der Waals surface area contributed by atoms with E-state index in [1.165, 1.54) is 24.3 Å². The van der Waals surface area contributed by atoms with E-state index < -0.39 is 17.8 Å². The first kappa shape index (κ1) is 13.8. The normalized spacial score (nSPS) is 11.4. The Kier molecular flexibility index (Phi) is 4.11. The molecule has 0 aliphatic carbocycles. The molecule has 20 heavy (non-hydrogen) atoms. The topological polar surface area (TPSA) is 52.9 Å². The predicted molar refractivity (Wildman–Crippen MR) is 73.4 cm³/mol. The fourth-order valence-electron chi connectivity index (χ4n) is 1.86. The van der Waals surface area contributed by atoms with Crippen molar-refractivity contribution < 1.29 is 9.18 Å². The summed E-state index contributed by atoms with van der Waals surface area (Å²) in [6.07, 6.45) is 0. The summed E-state index contributed by atoms with van der Waals surface area (Å²) < 4.78 is 12.8. The molecule has 0 heterocycles. The molecule has 2 aromatic rings. The molecule has 1 N–H and O–H groups in total. The standard InChI is InChI=1S/C16H13FN2O/c1-11-3-2-4-13(9-11)15(10-18)19-16(20)12-5-7-14(17)8-6-12/h2-9,15H,1H3,(H,19,20). The molecule has 1 atom stereocenters. The van der Waals surface area contributed by atoms with E-state index in [0.29, 0.717) is 5.56 Å². The van der Waals surface area contributed by atoms with Crippen molar-refractivity contribution in [2.24, 2.45) is 0 Å². The fraction of sp³-hybridized carbons (Fsp3) is 0.125. The number of nitrogens with zero attached hydrogens (tertiary/aromatic N) is 1. The number of carbonyl (C=O) groups is 1. The Hall–Kier alpha value is -2.67. The molecular formula is C16H13FN2O. The van der Waals surface area contributed by atoms with Crippen LogP contribution in [-0.4, -0.2) is 5.91 Å². The molecule has 0 radical (unpaired) electrons. The molecule has 1 amide bonds. The second-order valence-corrected chi connectivity index (χ2v) is 4.46. The summed E-state index contributed by atoms with van der Waals surface area (Å²) in [5.74, 6) is -0.810. The van der Waals surface area contributed by atoms with Crippen LogP contribution in [0, 0.1) is 24.1 Å². The number of carbonyl (C=O) groups excluding carboxylic acids is 1. The minimum absolute atomic E-state index is 0.319. The van der Waals surface area contributed by atoms with E-state index in [-0.39, 0.29) is 0 Å². The van der Waals surface area contributed by atoms with Crippen LogP contribution in [0.4, 0.5) is 4.39 Å². The Labute approximate surface area is 116 Å². The summed E-state index contributed by atoms with van der Waals surface area (Å²) in [6, 6.07) is 13.9. The van der Waals surface area contributed by atoms with Crippen molar-refractivity contribution in [3.05, 3.63) is 71.0 Å². The quantitative estimate of drug-likeness (QED) is 0.929. The molecule has 0 aliphatic heterocycles. The van der Waals surface area contributed by atoms with Crippen LogP contribution >= 0.6 is 0 Å². The lowest BCUT2D eigenvalue weighted by Crippen LogP contribution is -2.27. The highest BCUT2D eigenvalue weighted by Crippen LogP contribution is 2.14. The molecule has 0 aliphatic rings. The first-order valence-electron chi connectivity index (χ1n) is 6.13. The number of nitriles is 1. The Balaban J connectivity index is 2.17. The highest BCUT2D eigenvalue weighted by Gasteiger charge is 2.15. The molecule has 100 valence electrons. The van der Waals surface area contributed by atoms with E-state index in [1.807, 2.05) is 25.1 Å². The average molecular weight is 268 g/mol. The van der Waals surface area contributed by atoms with Gasteiger partial charge in [0.05, 0.1) is 6.07 Å². The van der Waals surface area contributed by atoms with Gasteiger partial charge in [0, 0.05) is 5.56 Å². The van der Waals surface area contributed by atoms with Crippen molar-refractivity contribution in [3.8, 4) is 6.07 Å². The van der Waals surface area contributed by atoms with Gasteiger partial charge in [-0.2, -0.15) is 5.26 Å². The van der Waals surface area contributed by atoms with Crippen molar-refractivity contribution in [2.45, 2.75) is 13.0 Å². The summed E-state index contributed by atoms with van der Waals surface area (Å²) in [5, 5.41) is 11.8. The summed E-state index contributed by atoms with van der Waals surface area (Å²) >= 11 is 0. The summed E-state index contributed by atoms with van der Waals surface area (Å²) in [7, 11) is 0. The largest absolute Gasteiger partial charge is 0.333 e. The lowest BCUT2D eigenvalue weighted by Gasteiger charge is -2.12. The SMILES string of the molecule is Cc1cccc(C(C#N)NC(=O)c2ccc(F)cc2)c1. The third-order valence-corrected chi connectivity index (χ3v) is 2.89. The van der Waals surface area contributed by atoms with Crippen molar-refractivity contribution in [1.29, 1.82) is 5.26 Å². The maximum Gasteiger partial charge on any atom is 0.252 e. The van der Waals surface area contributed by atoms with Gasteiger partial charge in [0.1, 0.15) is 11.9 Å². The van der Waals surface area contributed by atoms with E-state index in [4.69, 9.17) is 0 Å². The lowest BCUT2D eigenvalue weighted by atomic mass is 10.0. The summed E-state index contributed by atoms with van der Waals surface area (Å²) in [5.41, 5.74) is 2.06. The molecule has 3 nitrogen and oxygen atoms in total. The second-order valence-electron chi connectivity index (χ2n) is 4.46. The zero-order valence-electron chi connectivity index (χ0n) is 10.9. The van der Waals surface area contributed by atoms with Crippen molar-refractivity contribution in [1.82, 2.24) is 5.32 Å². The molecular weight excluding hydrogens is 255 g/mol. The smallest absolute Gasteiger partial charge is 0.252 e. The highest BCUT2D eigenvalue weighted by atomic mass is 19.1. The van der Waals surface area contributed by atoms with Gasteiger partial charge in [-0.3, -0.25) is 4.79 Å². The molecule has 2 aromatic carbocycles. The number of hydrogen-bond donors (Lipinski definition) is 1. The molecule has 0 saturated carbocycles. The first-order valence-corrected chi connectivity index (χ1v) is 6.13. The zero-order valence-corrected chi connectivity index (χ0v) is 10.9. The number of rotatable bonds is 3. The lowest BCUT2D eigenvalue weighted by molar-refractivity contribution is 0.0945. The van der Waals surface area contributed by atoms with Gasteiger partial charge in [-0.1, -0.05) is 29.8 Å². The van der Waals surface area contributed by atoms with E-state index >= 15 is 0 Å². The van der Waals surface area contributed by atoms with Crippen molar-refractivity contribution in [2.75, 3.05) is 0 Å². The van der Waals surface area contributed by atoms with Crippen LogP contribution in [0.25, 0.3) is 0 Å². The Morgan fingerprint density at radius 1 is 1.25 bits per heavy atom. The fourth-order valence-corrected chi connectivity index (χ4v) is 1.86. The van der Waals surface area contributed by atoms with Crippen molar-refractivity contribution >= 4 is 5.91 Å². The van der Waals surface area contributed by atoms with Crippen LogP contribution in [0.2, 0.25) is 0 Å². The third-order valence-electron chi connectivity index (χ3n) is 2.89. The van der Waals surface area contributed by atoms with Crippen molar-refractivity contribution in [3.63, 3.8) is 0 Å². The number of halogens is 1. The number of hydrogen-bond acceptors (Lipinski definition) is 2. The van der Waals surface area contributed by atoms with E-state index in [9.17, 15) is 14.4 Å². The van der Waals surface area contributed by atoms with Gasteiger partial charge in [0.25, 0.3) is 5.91 Å². The third kappa shape index (κ3) is 3.21. The number of benzene rings is 2. The first-order chi connectivity index (χ1) is 9.60. The highest BCUT2D eigenvalue weighted by molar-refractivity contribution is 5.94. The maximum absolute atomic E-state index is 12.8. The molecule has 4 heteroatoms. The van der Waals surface area contributed by atoms with Gasteiger partial charge in [0.15, 0.2) is 0 Å². The van der Waals surface area contributed by atoms with Gasteiger partial charge in [-0.05, 0) is 36.8 Å². The molecule has 0 bridgehead atoms. The van der Waals surface area contributed by atoms with E-state index in [1.54, 1.807) is 6.07 Å². The minimum Gasteiger partial charge on any atom is -0.333 e.